The Bertz CT molecular complexity index is 364. The second kappa shape index (κ2) is 5.68. The Hall–Kier alpha value is -0.820. The molecular weight excluding hydrogens is 206 g/mol. The third-order valence-electron chi connectivity index (χ3n) is 4.41. The van der Waals surface area contributed by atoms with E-state index in [2.05, 4.69) is 44.4 Å². The Labute approximate surface area is 106 Å². The van der Waals surface area contributed by atoms with Gasteiger partial charge in [-0.2, -0.15) is 0 Å². The highest BCUT2D eigenvalue weighted by Gasteiger charge is 2.21. The number of aryl methyl sites for hydroxylation is 1. The van der Waals surface area contributed by atoms with Crippen molar-refractivity contribution in [3.8, 4) is 0 Å². The molecule has 0 radical (unpaired) electrons. The predicted octanol–water partition coefficient (Wildman–Crippen LogP) is 4.14. The normalized spacial score (nSPS) is 18.5. The molecule has 1 atom stereocenters. The smallest absolute Gasteiger partial charge is 0.0322 e. The molecule has 1 unspecified atom stereocenters. The molecule has 0 bridgehead atoms. The predicted molar refractivity (Wildman–Crippen MR) is 74.3 cm³/mol. The summed E-state index contributed by atoms with van der Waals surface area (Å²) in [5.74, 6) is 0.937. The van der Waals surface area contributed by atoms with Gasteiger partial charge in [-0.1, -0.05) is 43.9 Å². The van der Waals surface area contributed by atoms with Crippen molar-refractivity contribution < 1.29 is 0 Å². The van der Waals surface area contributed by atoms with Crippen LogP contribution in [0.5, 0.6) is 0 Å². The van der Waals surface area contributed by atoms with Crippen molar-refractivity contribution in [2.75, 3.05) is 7.05 Å². The van der Waals surface area contributed by atoms with Crippen LogP contribution in [0, 0.1) is 19.8 Å². The Morgan fingerprint density at radius 3 is 2.59 bits per heavy atom. The molecule has 0 aromatic heterocycles. The van der Waals surface area contributed by atoms with Crippen LogP contribution >= 0.6 is 0 Å². The van der Waals surface area contributed by atoms with E-state index in [0.29, 0.717) is 6.04 Å². The maximum atomic E-state index is 3.51. The lowest BCUT2D eigenvalue weighted by Gasteiger charge is -2.23. The number of rotatable bonds is 4. The summed E-state index contributed by atoms with van der Waals surface area (Å²) in [6, 6.07) is 7.23. The van der Waals surface area contributed by atoms with E-state index in [4.69, 9.17) is 0 Å². The highest BCUT2D eigenvalue weighted by atomic mass is 14.9. The lowest BCUT2D eigenvalue weighted by atomic mass is 9.90. The van der Waals surface area contributed by atoms with Gasteiger partial charge in [-0.05, 0) is 49.9 Å². The number of hydrogen-bond acceptors (Lipinski definition) is 1. The zero-order chi connectivity index (χ0) is 12.3. The zero-order valence-corrected chi connectivity index (χ0v) is 11.4. The van der Waals surface area contributed by atoms with E-state index in [9.17, 15) is 0 Å². The van der Waals surface area contributed by atoms with E-state index in [-0.39, 0.29) is 0 Å². The Morgan fingerprint density at radius 2 is 1.94 bits per heavy atom. The van der Waals surface area contributed by atoms with E-state index in [1.165, 1.54) is 48.8 Å². The Morgan fingerprint density at radius 1 is 1.24 bits per heavy atom. The first-order chi connectivity index (χ1) is 8.22. The SMILES string of the molecule is CNC(CC1CCCC1)c1cccc(C)c1C. The molecule has 94 valence electrons. The third kappa shape index (κ3) is 2.90. The van der Waals surface area contributed by atoms with Gasteiger partial charge in [-0.15, -0.1) is 0 Å². The third-order valence-corrected chi connectivity index (χ3v) is 4.41. The molecule has 1 saturated carbocycles. The molecule has 0 saturated heterocycles. The zero-order valence-electron chi connectivity index (χ0n) is 11.4. The minimum Gasteiger partial charge on any atom is -0.313 e. The van der Waals surface area contributed by atoms with Crippen LogP contribution in [0.2, 0.25) is 0 Å². The van der Waals surface area contributed by atoms with E-state index in [1.54, 1.807) is 0 Å². The van der Waals surface area contributed by atoms with Crippen LogP contribution < -0.4 is 5.32 Å². The van der Waals surface area contributed by atoms with E-state index < -0.39 is 0 Å². The van der Waals surface area contributed by atoms with Gasteiger partial charge in [0, 0.05) is 6.04 Å². The van der Waals surface area contributed by atoms with Gasteiger partial charge < -0.3 is 5.32 Å². The van der Waals surface area contributed by atoms with Crippen molar-refractivity contribution in [3.05, 3.63) is 34.9 Å². The first kappa shape index (κ1) is 12.6. The van der Waals surface area contributed by atoms with Crippen LogP contribution in [0.4, 0.5) is 0 Å². The first-order valence-electron chi connectivity index (χ1n) is 6.95. The van der Waals surface area contributed by atoms with Gasteiger partial charge in [0.25, 0.3) is 0 Å². The van der Waals surface area contributed by atoms with Crippen LogP contribution in [0.15, 0.2) is 18.2 Å². The second-order valence-corrected chi connectivity index (χ2v) is 5.52. The Balaban J connectivity index is 2.13. The molecular formula is C16H25N. The highest BCUT2D eigenvalue weighted by molar-refractivity contribution is 5.35. The molecule has 0 amide bonds. The fourth-order valence-electron chi connectivity index (χ4n) is 3.13. The fraction of sp³-hybridized carbons (Fsp3) is 0.625. The second-order valence-electron chi connectivity index (χ2n) is 5.52. The van der Waals surface area contributed by atoms with Crippen LogP contribution in [0.3, 0.4) is 0 Å². The van der Waals surface area contributed by atoms with Crippen LogP contribution in [-0.2, 0) is 0 Å². The summed E-state index contributed by atoms with van der Waals surface area (Å²) in [6.07, 6.45) is 7.05. The van der Waals surface area contributed by atoms with Crippen molar-refractivity contribution in [1.82, 2.24) is 5.32 Å². The summed E-state index contributed by atoms with van der Waals surface area (Å²) in [5.41, 5.74) is 4.37. The molecule has 1 N–H and O–H groups in total. The molecule has 1 nitrogen and oxygen atoms in total. The minimum absolute atomic E-state index is 0.540. The van der Waals surface area contributed by atoms with Crippen molar-refractivity contribution >= 4 is 0 Å². The van der Waals surface area contributed by atoms with Gasteiger partial charge in [0.15, 0.2) is 0 Å². The van der Waals surface area contributed by atoms with Gasteiger partial charge >= 0.3 is 0 Å². The molecule has 1 aromatic carbocycles. The maximum Gasteiger partial charge on any atom is 0.0322 e. The monoisotopic (exact) mass is 231 g/mol. The lowest BCUT2D eigenvalue weighted by Crippen LogP contribution is -2.20. The molecule has 1 fully saturated rings. The Kier molecular flexibility index (Phi) is 4.22. The van der Waals surface area contributed by atoms with Crippen molar-refractivity contribution in [2.45, 2.75) is 52.0 Å². The number of benzene rings is 1. The van der Waals surface area contributed by atoms with E-state index in [0.717, 1.165) is 5.92 Å². The molecule has 2 rings (SSSR count). The van der Waals surface area contributed by atoms with Gasteiger partial charge in [0.1, 0.15) is 0 Å². The largest absolute Gasteiger partial charge is 0.313 e. The van der Waals surface area contributed by atoms with Crippen LogP contribution in [0.1, 0.15) is 54.8 Å². The highest BCUT2D eigenvalue weighted by Crippen LogP contribution is 2.34. The average Bonchev–Trinajstić information content (AvgIpc) is 2.83. The summed E-state index contributed by atoms with van der Waals surface area (Å²) in [6.45, 7) is 4.46. The van der Waals surface area contributed by atoms with Gasteiger partial charge in [-0.3, -0.25) is 0 Å². The summed E-state index contributed by atoms with van der Waals surface area (Å²) < 4.78 is 0. The average molecular weight is 231 g/mol. The first-order valence-corrected chi connectivity index (χ1v) is 6.95. The van der Waals surface area contributed by atoms with Crippen LogP contribution in [-0.4, -0.2) is 7.05 Å². The number of hydrogen-bond donors (Lipinski definition) is 1. The molecule has 1 aromatic rings. The fourth-order valence-corrected chi connectivity index (χ4v) is 3.13. The quantitative estimate of drug-likeness (QED) is 0.821. The summed E-state index contributed by atoms with van der Waals surface area (Å²) in [5, 5.41) is 3.51. The lowest BCUT2D eigenvalue weighted by molar-refractivity contribution is 0.412. The summed E-state index contributed by atoms with van der Waals surface area (Å²) >= 11 is 0. The summed E-state index contributed by atoms with van der Waals surface area (Å²) in [4.78, 5) is 0. The molecule has 1 aliphatic rings. The molecule has 0 aliphatic heterocycles. The van der Waals surface area contributed by atoms with Gasteiger partial charge in [-0.25, -0.2) is 0 Å². The van der Waals surface area contributed by atoms with Crippen LogP contribution in [0.25, 0.3) is 0 Å². The van der Waals surface area contributed by atoms with Gasteiger partial charge in [0.05, 0.1) is 0 Å². The summed E-state index contributed by atoms with van der Waals surface area (Å²) in [7, 11) is 2.10. The molecule has 1 heteroatoms. The molecule has 1 aliphatic carbocycles. The minimum atomic E-state index is 0.540. The topological polar surface area (TPSA) is 12.0 Å². The van der Waals surface area contributed by atoms with Crippen molar-refractivity contribution in [3.63, 3.8) is 0 Å². The number of nitrogens with one attached hydrogen (secondary N) is 1. The molecule has 0 heterocycles. The standard InChI is InChI=1S/C16H25N/c1-12-7-6-10-15(13(12)2)16(17-3)11-14-8-4-5-9-14/h6-7,10,14,16-17H,4-5,8-9,11H2,1-3H3. The van der Waals surface area contributed by atoms with Gasteiger partial charge in [0.2, 0.25) is 0 Å². The van der Waals surface area contributed by atoms with E-state index >= 15 is 0 Å². The van der Waals surface area contributed by atoms with Crippen molar-refractivity contribution in [2.24, 2.45) is 5.92 Å². The van der Waals surface area contributed by atoms with E-state index in [1.807, 2.05) is 0 Å². The van der Waals surface area contributed by atoms with Crippen molar-refractivity contribution in [1.29, 1.82) is 0 Å². The molecule has 0 spiro atoms. The maximum absolute atomic E-state index is 3.51. The molecule has 17 heavy (non-hydrogen) atoms.